The van der Waals surface area contributed by atoms with E-state index in [0.29, 0.717) is 5.75 Å². The van der Waals surface area contributed by atoms with Crippen LogP contribution in [0.25, 0.3) is 16.8 Å². The van der Waals surface area contributed by atoms with Crippen LogP contribution >= 0.6 is 12.2 Å². The second kappa shape index (κ2) is 5.57. The summed E-state index contributed by atoms with van der Waals surface area (Å²) in [5.74, 6) is -0.306. The van der Waals surface area contributed by atoms with Crippen molar-refractivity contribution in [1.82, 2.24) is 10.6 Å². The molecule has 1 fully saturated rings. The maximum Gasteiger partial charge on any atom is 0.263 e. The van der Waals surface area contributed by atoms with Crippen molar-refractivity contribution < 1.29 is 14.3 Å². The molecule has 3 rings (SSSR count). The largest absolute Gasteiger partial charge is 0.497 e. The summed E-state index contributed by atoms with van der Waals surface area (Å²) in [5, 5.41) is 6.74. The van der Waals surface area contributed by atoms with Crippen LogP contribution < -0.4 is 15.4 Å². The highest BCUT2D eigenvalue weighted by Crippen LogP contribution is 2.26. The summed E-state index contributed by atoms with van der Waals surface area (Å²) in [6.07, 6.45) is 1.55. The average molecular weight is 312 g/mol. The second-order valence-electron chi connectivity index (χ2n) is 4.73. The Morgan fingerprint density at radius 2 is 1.82 bits per heavy atom. The molecule has 6 heteroatoms. The lowest BCUT2D eigenvalue weighted by Crippen LogP contribution is -2.51. The van der Waals surface area contributed by atoms with Crippen LogP contribution in [0.15, 0.2) is 42.0 Å². The van der Waals surface area contributed by atoms with Crippen LogP contribution in [-0.2, 0) is 9.59 Å². The van der Waals surface area contributed by atoms with Crippen LogP contribution in [0, 0.1) is 0 Å². The molecule has 0 atom stereocenters. The fourth-order valence-corrected chi connectivity index (χ4v) is 2.48. The Labute approximate surface area is 132 Å². The van der Waals surface area contributed by atoms with Crippen molar-refractivity contribution in [1.29, 1.82) is 0 Å². The first-order valence-corrected chi connectivity index (χ1v) is 6.94. The lowest BCUT2D eigenvalue weighted by atomic mass is 10.0. The van der Waals surface area contributed by atoms with Crippen LogP contribution in [0.3, 0.4) is 0 Å². The van der Waals surface area contributed by atoms with Gasteiger partial charge in [-0.05, 0) is 46.8 Å². The maximum atomic E-state index is 11.9. The van der Waals surface area contributed by atoms with E-state index in [1.807, 2.05) is 36.4 Å². The van der Waals surface area contributed by atoms with Gasteiger partial charge in [-0.3, -0.25) is 20.2 Å². The Kier molecular flexibility index (Phi) is 3.60. The molecule has 22 heavy (non-hydrogen) atoms. The topological polar surface area (TPSA) is 67.4 Å². The van der Waals surface area contributed by atoms with Gasteiger partial charge in [0.05, 0.1) is 7.11 Å². The summed E-state index contributed by atoms with van der Waals surface area (Å²) < 4.78 is 5.23. The molecule has 0 bridgehead atoms. The molecule has 1 aliphatic rings. The van der Waals surface area contributed by atoms with Gasteiger partial charge in [0, 0.05) is 0 Å². The first-order valence-electron chi connectivity index (χ1n) is 6.53. The standard InChI is InChI=1S/C16H12N2O3S/c1-21-11-6-5-9-3-2-4-10(12(9)8-11)7-13-14(19)17-16(22)18-15(13)20/h2-8H,1H3,(H2,17,18,19,20,22). The molecule has 2 amide bonds. The van der Waals surface area contributed by atoms with Crippen molar-refractivity contribution in [2.75, 3.05) is 7.11 Å². The number of amides is 2. The van der Waals surface area contributed by atoms with Crippen molar-refractivity contribution >= 4 is 46.0 Å². The van der Waals surface area contributed by atoms with Gasteiger partial charge in [0.15, 0.2) is 5.11 Å². The van der Waals surface area contributed by atoms with E-state index in [1.54, 1.807) is 13.2 Å². The molecular weight excluding hydrogens is 300 g/mol. The van der Waals surface area contributed by atoms with Crippen molar-refractivity contribution in [2.24, 2.45) is 0 Å². The van der Waals surface area contributed by atoms with E-state index in [4.69, 9.17) is 17.0 Å². The number of nitrogens with one attached hydrogen (secondary N) is 2. The highest BCUT2D eigenvalue weighted by molar-refractivity contribution is 7.80. The van der Waals surface area contributed by atoms with Crippen molar-refractivity contribution in [3.8, 4) is 5.75 Å². The number of hydrogen-bond acceptors (Lipinski definition) is 4. The molecule has 1 saturated heterocycles. The second-order valence-corrected chi connectivity index (χ2v) is 5.14. The molecule has 1 heterocycles. The van der Waals surface area contributed by atoms with Gasteiger partial charge in [-0.15, -0.1) is 0 Å². The van der Waals surface area contributed by atoms with Gasteiger partial charge in [-0.25, -0.2) is 0 Å². The summed E-state index contributed by atoms with van der Waals surface area (Å²) in [5.41, 5.74) is 0.772. The minimum Gasteiger partial charge on any atom is -0.497 e. The fraction of sp³-hybridized carbons (Fsp3) is 0.0625. The van der Waals surface area contributed by atoms with Crippen LogP contribution in [0.1, 0.15) is 5.56 Å². The van der Waals surface area contributed by atoms with Gasteiger partial charge in [0.25, 0.3) is 11.8 Å². The molecule has 2 aromatic carbocycles. The molecule has 0 aliphatic carbocycles. The third kappa shape index (κ3) is 2.56. The fourth-order valence-electron chi connectivity index (χ4n) is 2.29. The van der Waals surface area contributed by atoms with Crippen LogP contribution in [-0.4, -0.2) is 24.0 Å². The third-order valence-corrected chi connectivity index (χ3v) is 3.57. The van der Waals surface area contributed by atoms with Crippen LogP contribution in [0.4, 0.5) is 0 Å². The van der Waals surface area contributed by atoms with Gasteiger partial charge in [0.1, 0.15) is 11.3 Å². The van der Waals surface area contributed by atoms with Crippen molar-refractivity contribution in [2.45, 2.75) is 0 Å². The number of hydrogen-bond donors (Lipinski definition) is 2. The van der Waals surface area contributed by atoms with Gasteiger partial charge in [0.2, 0.25) is 0 Å². The number of ether oxygens (including phenoxy) is 1. The zero-order valence-electron chi connectivity index (χ0n) is 11.7. The average Bonchev–Trinajstić information content (AvgIpc) is 2.50. The van der Waals surface area contributed by atoms with E-state index in [0.717, 1.165) is 16.3 Å². The summed E-state index contributed by atoms with van der Waals surface area (Å²) >= 11 is 4.78. The lowest BCUT2D eigenvalue weighted by molar-refractivity contribution is -0.123. The summed E-state index contributed by atoms with van der Waals surface area (Å²) in [7, 11) is 1.59. The SMILES string of the molecule is COc1ccc2cccc(C=C3C(=O)NC(=S)NC3=O)c2c1. The number of benzene rings is 2. The Balaban J connectivity index is 2.13. The summed E-state index contributed by atoms with van der Waals surface area (Å²) in [6.45, 7) is 0. The normalized spacial score (nSPS) is 14.6. The molecule has 0 spiro atoms. The van der Waals surface area contributed by atoms with Gasteiger partial charge < -0.3 is 4.74 Å². The zero-order valence-corrected chi connectivity index (χ0v) is 12.5. The van der Waals surface area contributed by atoms with E-state index >= 15 is 0 Å². The van der Waals surface area contributed by atoms with Crippen LogP contribution in [0.5, 0.6) is 5.75 Å². The van der Waals surface area contributed by atoms with E-state index in [9.17, 15) is 9.59 Å². The predicted molar refractivity (Wildman–Crippen MR) is 87.4 cm³/mol. The van der Waals surface area contributed by atoms with E-state index < -0.39 is 11.8 Å². The molecule has 2 aromatic rings. The molecule has 0 aromatic heterocycles. The molecular formula is C16H12N2O3S. The zero-order chi connectivity index (χ0) is 15.7. The predicted octanol–water partition coefficient (Wildman–Crippen LogP) is 1.76. The highest BCUT2D eigenvalue weighted by Gasteiger charge is 2.25. The highest BCUT2D eigenvalue weighted by atomic mass is 32.1. The summed E-state index contributed by atoms with van der Waals surface area (Å²) in [4.78, 5) is 23.9. The number of rotatable bonds is 2. The molecule has 1 aliphatic heterocycles. The first-order chi connectivity index (χ1) is 10.6. The van der Waals surface area contributed by atoms with Gasteiger partial charge in [-0.2, -0.15) is 0 Å². The lowest BCUT2D eigenvalue weighted by Gasteiger charge is -2.16. The number of methoxy groups -OCH3 is 1. The van der Waals surface area contributed by atoms with E-state index in [-0.39, 0.29) is 10.7 Å². The maximum absolute atomic E-state index is 11.9. The third-order valence-electron chi connectivity index (χ3n) is 3.37. The Morgan fingerprint density at radius 1 is 1.09 bits per heavy atom. The molecule has 5 nitrogen and oxygen atoms in total. The Hall–Kier alpha value is -2.73. The number of carbonyl (C=O) groups excluding carboxylic acids is 2. The minimum atomic E-state index is -0.506. The molecule has 2 N–H and O–H groups in total. The van der Waals surface area contributed by atoms with E-state index in [1.165, 1.54) is 0 Å². The number of thiocarbonyl (C=S) groups is 1. The van der Waals surface area contributed by atoms with E-state index in [2.05, 4.69) is 10.6 Å². The Morgan fingerprint density at radius 3 is 2.50 bits per heavy atom. The smallest absolute Gasteiger partial charge is 0.263 e. The summed E-state index contributed by atoms with van der Waals surface area (Å²) in [6, 6.07) is 11.3. The molecule has 0 radical (unpaired) electrons. The van der Waals surface area contributed by atoms with Crippen LogP contribution in [0.2, 0.25) is 0 Å². The minimum absolute atomic E-state index is 0.0175. The number of carbonyl (C=O) groups is 2. The first kappa shape index (κ1) is 14.2. The molecule has 110 valence electrons. The monoisotopic (exact) mass is 312 g/mol. The molecule has 0 unspecified atom stereocenters. The molecule has 0 saturated carbocycles. The Bertz CT molecular complexity index is 820. The van der Waals surface area contributed by atoms with Crippen molar-refractivity contribution in [3.05, 3.63) is 47.5 Å². The van der Waals surface area contributed by atoms with Crippen molar-refractivity contribution in [3.63, 3.8) is 0 Å². The quantitative estimate of drug-likeness (QED) is 0.504. The number of fused-ring (bicyclic) bond motifs is 1. The van der Waals surface area contributed by atoms with Gasteiger partial charge >= 0.3 is 0 Å². The van der Waals surface area contributed by atoms with Gasteiger partial charge in [-0.1, -0.05) is 24.3 Å².